The van der Waals surface area contributed by atoms with E-state index in [1.807, 2.05) is 0 Å². The van der Waals surface area contributed by atoms with Crippen molar-refractivity contribution >= 4 is 5.91 Å². The van der Waals surface area contributed by atoms with Gasteiger partial charge in [-0.15, -0.1) is 0 Å². The van der Waals surface area contributed by atoms with Gasteiger partial charge in [-0.3, -0.25) is 22.0 Å². The molecule has 0 spiro atoms. The summed E-state index contributed by atoms with van der Waals surface area (Å²) in [4.78, 5) is 9.87. The van der Waals surface area contributed by atoms with Gasteiger partial charge < -0.3 is 5.73 Å². The number of primary amides is 1. The van der Waals surface area contributed by atoms with Crippen LogP contribution in [0.15, 0.2) is 0 Å². The molecule has 5 nitrogen and oxygen atoms in total. The molecule has 0 aliphatic heterocycles. The Balaban J connectivity index is 3.79. The molecular weight excluding hydrogens is 96.0 g/mol. The maximum atomic E-state index is 9.87. The normalized spacial score (nSPS) is 11.3. The molecule has 0 aliphatic rings. The number of amides is 1. The molecule has 0 rings (SSSR count). The third kappa shape index (κ3) is 2.10. The van der Waals surface area contributed by atoms with Crippen molar-refractivity contribution in [3.63, 3.8) is 0 Å². The summed E-state index contributed by atoms with van der Waals surface area (Å²) in [5.41, 5.74) is 18.8. The van der Waals surface area contributed by atoms with Crippen LogP contribution in [0.2, 0.25) is 0 Å². The molecule has 1 amide bonds. The molecule has 0 radical (unpaired) electrons. The highest BCUT2D eigenvalue weighted by Crippen LogP contribution is 1.68. The van der Waals surface area contributed by atoms with Crippen LogP contribution < -0.4 is 22.9 Å². The number of rotatable bonds is 1. The lowest BCUT2D eigenvalue weighted by atomic mass is 10.4. The summed E-state index contributed by atoms with van der Waals surface area (Å²) in [7, 11) is 0. The molecule has 0 heterocycles. The first-order valence-electron chi connectivity index (χ1n) is 1.61. The second-order valence-electron chi connectivity index (χ2n) is 1.30. The van der Waals surface area contributed by atoms with E-state index in [0.29, 0.717) is 0 Å². The number of carbonyl (C=O) groups is 1. The summed E-state index contributed by atoms with van der Waals surface area (Å²) in [6, 6.07) is 0. The largest absolute Gasteiger partial charge is 0.366 e. The summed E-state index contributed by atoms with van der Waals surface area (Å²) in [6.07, 6.45) is 0. The second kappa shape index (κ2) is 1.45. The molecular formula is C2H8N4O. The minimum atomic E-state index is -1.86. The number of carbonyl (C=O) groups excluding carboxylic acids is 1. The van der Waals surface area contributed by atoms with Crippen molar-refractivity contribution in [2.75, 3.05) is 0 Å². The highest BCUT2D eigenvalue weighted by atomic mass is 16.2. The van der Waals surface area contributed by atoms with Crippen LogP contribution in [-0.2, 0) is 4.79 Å². The lowest BCUT2D eigenvalue weighted by Gasteiger charge is -2.11. The Bertz CT molecular complexity index is 82.2. The van der Waals surface area contributed by atoms with E-state index in [4.69, 9.17) is 17.2 Å². The zero-order chi connectivity index (χ0) is 6.08. The quantitative estimate of drug-likeness (QED) is 0.265. The Morgan fingerprint density at radius 2 is 1.43 bits per heavy atom. The first-order chi connectivity index (χ1) is 2.94. The summed E-state index contributed by atoms with van der Waals surface area (Å²) in [5, 5.41) is 0. The number of hydrogen-bond donors (Lipinski definition) is 4. The maximum absolute atomic E-state index is 9.87. The molecule has 0 aliphatic carbocycles. The predicted molar refractivity (Wildman–Crippen MR) is 24.5 cm³/mol. The monoisotopic (exact) mass is 104 g/mol. The van der Waals surface area contributed by atoms with Crippen LogP contribution in [0.5, 0.6) is 0 Å². The van der Waals surface area contributed by atoms with E-state index in [2.05, 4.69) is 5.73 Å². The fourth-order valence-electron chi connectivity index (χ4n) is 0. The third-order valence-corrected chi connectivity index (χ3v) is 0.427. The van der Waals surface area contributed by atoms with Gasteiger partial charge >= 0.3 is 0 Å². The highest BCUT2D eigenvalue weighted by molar-refractivity contribution is 5.82. The van der Waals surface area contributed by atoms with E-state index in [1.54, 1.807) is 0 Å². The molecule has 0 aromatic rings. The van der Waals surface area contributed by atoms with Crippen molar-refractivity contribution in [2.45, 2.75) is 5.79 Å². The van der Waals surface area contributed by atoms with Crippen molar-refractivity contribution in [3.05, 3.63) is 0 Å². The Morgan fingerprint density at radius 1 is 1.29 bits per heavy atom. The fraction of sp³-hybridized carbons (Fsp3) is 0.500. The average Bonchev–Trinajstić information content (AvgIpc) is 1.31. The zero-order valence-electron chi connectivity index (χ0n) is 3.72. The van der Waals surface area contributed by atoms with Gasteiger partial charge in [0.15, 0.2) is 5.79 Å². The minimum Gasteiger partial charge on any atom is -0.366 e. The van der Waals surface area contributed by atoms with Crippen molar-refractivity contribution in [3.8, 4) is 0 Å². The van der Waals surface area contributed by atoms with Gasteiger partial charge in [0.1, 0.15) is 0 Å². The first kappa shape index (κ1) is 6.35. The van der Waals surface area contributed by atoms with Crippen LogP contribution >= 0.6 is 0 Å². The summed E-state index contributed by atoms with van der Waals surface area (Å²) >= 11 is 0. The molecule has 0 fully saturated rings. The van der Waals surface area contributed by atoms with Gasteiger partial charge in [-0.1, -0.05) is 0 Å². The summed E-state index contributed by atoms with van der Waals surface area (Å²) in [5.74, 6) is -2.78. The van der Waals surface area contributed by atoms with Gasteiger partial charge in [-0.05, 0) is 0 Å². The lowest BCUT2D eigenvalue weighted by Crippen LogP contribution is -2.66. The molecule has 0 aromatic carbocycles. The van der Waals surface area contributed by atoms with E-state index >= 15 is 0 Å². The van der Waals surface area contributed by atoms with E-state index in [1.165, 1.54) is 0 Å². The van der Waals surface area contributed by atoms with E-state index in [0.717, 1.165) is 0 Å². The first-order valence-corrected chi connectivity index (χ1v) is 1.61. The molecule has 8 N–H and O–H groups in total. The molecule has 0 saturated carbocycles. The van der Waals surface area contributed by atoms with Gasteiger partial charge in [-0.2, -0.15) is 0 Å². The fourth-order valence-corrected chi connectivity index (χ4v) is 0. The molecule has 0 atom stereocenters. The van der Waals surface area contributed by atoms with Crippen molar-refractivity contribution in [1.82, 2.24) is 0 Å². The van der Waals surface area contributed by atoms with Crippen LogP contribution in [0.25, 0.3) is 0 Å². The standard InChI is InChI=1S/C2H8N4O/c3-1(7)2(4,5)6/h4-6H2,(H2,3,7). The SMILES string of the molecule is NC(=O)C(N)(N)N. The third-order valence-electron chi connectivity index (χ3n) is 0.427. The molecule has 0 unspecified atom stereocenters. The van der Waals surface area contributed by atoms with Crippen molar-refractivity contribution in [2.24, 2.45) is 22.9 Å². The second-order valence-corrected chi connectivity index (χ2v) is 1.30. The van der Waals surface area contributed by atoms with E-state index in [-0.39, 0.29) is 0 Å². The zero-order valence-corrected chi connectivity index (χ0v) is 3.72. The van der Waals surface area contributed by atoms with Crippen molar-refractivity contribution in [1.29, 1.82) is 0 Å². The Kier molecular flexibility index (Phi) is 1.32. The number of hydrogen-bond acceptors (Lipinski definition) is 4. The van der Waals surface area contributed by atoms with E-state index in [9.17, 15) is 4.79 Å². The Morgan fingerprint density at radius 3 is 1.43 bits per heavy atom. The number of nitrogens with two attached hydrogens (primary N) is 4. The van der Waals surface area contributed by atoms with Crippen LogP contribution in [0.4, 0.5) is 0 Å². The molecule has 5 heteroatoms. The molecule has 7 heavy (non-hydrogen) atoms. The molecule has 0 bridgehead atoms. The minimum absolute atomic E-state index is 0.924. The van der Waals surface area contributed by atoms with Gasteiger partial charge in [0.2, 0.25) is 0 Å². The lowest BCUT2D eigenvalue weighted by molar-refractivity contribution is -0.122. The summed E-state index contributed by atoms with van der Waals surface area (Å²) in [6.45, 7) is 0. The Hall–Kier alpha value is -0.650. The topological polar surface area (TPSA) is 121 Å². The van der Waals surface area contributed by atoms with Crippen molar-refractivity contribution < 1.29 is 4.79 Å². The highest BCUT2D eigenvalue weighted by Gasteiger charge is 2.18. The molecule has 42 valence electrons. The molecule has 0 aromatic heterocycles. The van der Waals surface area contributed by atoms with Crippen LogP contribution in [0.3, 0.4) is 0 Å². The van der Waals surface area contributed by atoms with Gasteiger partial charge in [0.25, 0.3) is 5.91 Å². The van der Waals surface area contributed by atoms with Gasteiger partial charge in [0, 0.05) is 0 Å². The summed E-state index contributed by atoms with van der Waals surface area (Å²) < 4.78 is 0. The van der Waals surface area contributed by atoms with Crippen LogP contribution in [0, 0.1) is 0 Å². The smallest absolute Gasteiger partial charge is 0.267 e. The predicted octanol–water partition coefficient (Wildman–Crippen LogP) is -3.00. The Labute approximate surface area is 40.6 Å². The van der Waals surface area contributed by atoms with Crippen LogP contribution in [0.1, 0.15) is 0 Å². The van der Waals surface area contributed by atoms with E-state index < -0.39 is 11.7 Å². The van der Waals surface area contributed by atoms with Gasteiger partial charge in [0.05, 0.1) is 0 Å². The van der Waals surface area contributed by atoms with Crippen LogP contribution in [-0.4, -0.2) is 11.7 Å². The molecule has 0 saturated heterocycles. The maximum Gasteiger partial charge on any atom is 0.267 e. The average molecular weight is 104 g/mol. The van der Waals surface area contributed by atoms with Gasteiger partial charge in [-0.25, -0.2) is 0 Å².